The summed E-state index contributed by atoms with van der Waals surface area (Å²) in [5.74, 6) is -0.0847. The van der Waals surface area contributed by atoms with E-state index < -0.39 is 0 Å². The number of aryl methyl sites for hydroxylation is 1. The standard InChI is InChI=1S/C21H27N3O3S/c1-3-18-14-17(15-23-10-12-24(13-11-23)21(26)27-4-2)20(28-18)22-19(25)16-8-6-5-7-9-16/h5-9,14H,3-4,10-13,15H2,1-2H3,(H,22,25). The molecule has 2 heterocycles. The van der Waals surface area contributed by atoms with Crippen LogP contribution in [0.15, 0.2) is 36.4 Å². The highest BCUT2D eigenvalue weighted by Gasteiger charge is 2.23. The van der Waals surface area contributed by atoms with Crippen molar-refractivity contribution in [2.75, 3.05) is 38.1 Å². The van der Waals surface area contributed by atoms with E-state index in [4.69, 9.17) is 4.74 Å². The van der Waals surface area contributed by atoms with Crippen molar-refractivity contribution in [2.45, 2.75) is 26.8 Å². The number of hydrogen-bond acceptors (Lipinski definition) is 5. The van der Waals surface area contributed by atoms with Crippen LogP contribution in [-0.4, -0.2) is 54.6 Å². The van der Waals surface area contributed by atoms with Crippen LogP contribution in [0.1, 0.15) is 34.6 Å². The van der Waals surface area contributed by atoms with Crippen LogP contribution < -0.4 is 5.32 Å². The molecule has 1 fully saturated rings. The Morgan fingerprint density at radius 3 is 2.46 bits per heavy atom. The van der Waals surface area contributed by atoms with Gasteiger partial charge >= 0.3 is 6.09 Å². The molecule has 0 unspecified atom stereocenters. The Hall–Kier alpha value is -2.38. The number of hydrogen-bond donors (Lipinski definition) is 1. The Morgan fingerprint density at radius 2 is 1.82 bits per heavy atom. The molecule has 0 bridgehead atoms. The van der Waals surface area contributed by atoms with Gasteiger partial charge in [0.15, 0.2) is 0 Å². The van der Waals surface area contributed by atoms with Crippen molar-refractivity contribution >= 4 is 28.3 Å². The molecule has 0 atom stereocenters. The van der Waals surface area contributed by atoms with Crippen molar-refractivity contribution in [2.24, 2.45) is 0 Å². The topological polar surface area (TPSA) is 61.9 Å². The van der Waals surface area contributed by atoms with Crippen LogP contribution >= 0.6 is 11.3 Å². The summed E-state index contributed by atoms with van der Waals surface area (Å²) in [6, 6.07) is 11.5. The Labute approximate surface area is 170 Å². The van der Waals surface area contributed by atoms with Gasteiger partial charge in [-0.3, -0.25) is 9.69 Å². The Balaban J connectivity index is 1.63. The highest BCUT2D eigenvalue weighted by atomic mass is 32.1. The highest BCUT2D eigenvalue weighted by molar-refractivity contribution is 7.16. The van der Waals surface area contributed by atoms with E-state index in [0.29, 0.717) is 25.3 Å². The summed E-state index contributed by atoms with van der Waals surface area (Å²) < 4.78 is 5.08. The third kappa shape index (κ3) is 5.11. The van der Waals surface area contributed by atoms with Crippen LogP contribution in [0, 0.1) is 0 Å². The molecule has 3 rings (SSSR count). The number of anilines is 1. The summed E-state index contributed by atoms with van der Waals surface area (Å²) in [4.78, 5) is 29.7. The van der Waals surface area contributed by atoms with Gasteiger partial charge in [0.05, 0.1) is 11.6 Å². The van der Waals surface area contributed by atoms with Gasteiger partial charge in [0.25, 0.3) is 5.91 Å². The lowest BCUT2D eigenvalue weighted by molar-refractivity contribution is 0.0778. The zero-order valence-electron chi connectivity index (χ0n) is 16.4. The molecular formula is C21H27N3O3S. The SMILES string of the molecule is CCOC(=O)N1CCN(Cc2cc(CC)sc2NC(=O)c2ccccc2)CC1. The molecule has 0 radical (unpaired) electrons. The molecule has 1 saturated heterocycles. The van der Waals surface area contributed by atoms with Gasteiger partial charge in [-0.1, -0.05) is 25.1 Å². The summed E-state index contributed by atoms with van der Waals surface area (Å²) in [5, 5.41) is 4.00. The predicted molar refractivity (Wildman–Crippen MR) is 112 cm³/mol. The van der Waals surface area contributed by atoms with Gasteiger partial charge in [-0.25, -0.2) is 4.79 Å². The van der Waals surface area contributed by atoms with Crippen LogP contribution in [0.25, 0.3) is 0 Å². The van der Waals surface area contributed by atoms with Gasteiger partial charge < -0.3 is 15.0 Å². The van der Waals surface area contributed by atoms with Gasteiger partial charge in [-0.05, 0) is 31.5 Å². The number of carbonyl (C=O) groups excluding carboxylic acids is 2. The van der Waals surface area contributed by atoms with Gasteiger partial charge in [0.2, 0.25) is 0 Å². The first-order chi connectivity index (χ1) is 13.6. The number of nitrogens with zero attached hydrogens (tertiary/aromatic N) is 2. The molecule has 150 valence electrons. The molecule has 28 heavy (non-hydrogen) atoms. The molecule has 1 aliphatic rings. The molecule has 1 aliphatic heterocycles. The van der Waals surface area contributed by atoms with Crippen molar-refractivity contribution < 1.29 is 14.3 Å². The number of amides is 2. The van der Waals surface area contributed by atoms with E-state index in [1.165, 1.54) is 4.88 Å². The lowest BCUT2D eigenvalue weighted by atomic mass is 10.2. The number of nitrogens with one attached hydrogen (secondary N) is 1. The van der Waals surface area contributed by atoms with E-state index >= 15 is 0 Å². The quantitative estimate of drug-likeness (QED) is 0.799. The summed E-state index contributed by atoms with van der Waals surface area (Å²) in [7, 11) is 0. The highest BCUT2D eigenvalue weighted by Crippen LogP contribution is 2.30. The summed E-state index contributed by atoms with van der Waals surface area (Å²) in [5.41, 5.74) is 1.79. The number of ether oxygens (including phenoxy) is 1. The monoisotopic (exact) mass is 401 g/mol. The maximum Gasteiger partial charge on any atom is 0.409 e. The van der Waals surface area contributed by atoms with Gasteiger partial charge in [0.1, 0.15) is 0 Å². The molecule has 0 aliphatic carbocycles. The molecule has 6 nitrogen and oxygen atoms in total. The number of benzene rings is 1. The number of thiophene rings is 1. The fourth-order valence-corrected chi connectivity index (χ4v) is 4.20. The molecular weight excluding hydrogens is 374 g/mol. The van der Waals surface area contributed by atoms with Crippen LogP contribution in [0.3, 0.4) is 0 Å². The lowest BCUT2D eigenvalue weighted by Gasteiger charge is -2.34. The zero-order chi connectivity index (χ0) is 19.9. The van der Waals surface area contributed by atoms with Crippen molar-refractivity contribution in [3.8, 4) is 0 Å². The van der Waals surface area contributed by atoms with E-state index in [0.717, 1.165) is 36.6 Å². The van der Waals surface area contributed by atoms with Crippen molar-refractivity contribution in [3.05, 3.63) is 52.4 Å². The average Bonchev–Trinajstić information content (AvgIpc) is 3.10. The second kappa shape index (κ2) is 9.71. The smallest absolute Gasteiger partial charge is 0.409 e. The minimum atomic E-state index is -0.234. The van der Waals surface area contributed by atoms with Crippen LogP contribution in [0.2, 0.25) is 0 Å². The van der Waals surface area contributed by atoms with Gasteiger partial charge in [0, 0.05) is 48.7 Å². The minimum Gasteiger partial charge on any atom is -0.450 e. The molecule has 1 aromatic heterocycles. The molecule has 1 aromatic carbocycles. The first-order valence-electron chi connectivity index (χ1n) is 9.72. The summed E-state index contributed by atoms with van der Waals surface area (Å²) in [6.45, 7) is 8.02. The average molecular weight is 402 g/mol. The van der Waals surface area contributed by atoms with Gasteiger partial charge in [-0.15, -0.1) is 11.3 Å². The maximum absolute atomic E-state index is 12.6. The fraction of sp³-hybridized carbons (Fsp3) is 0.429. The minimum absolute atomic E-state index is 0.0847. The van der Waals surface area contributed by atoms with Crippen LogP contribution in [0.4, 0.5) is 9.80 Å². The first kappa shape index (κ1) is 20.4. The van der Waals surface area contributed by atoms with E-state index in [1.54, 1.807) is 16.2 Å². The van der Waals surface area contributed by atoms with Crippen LogP contribution in [0.5, 0.6) is 0 Å². The van der Waals surface area contributed by atoms with Gasteiger partial charge in [-0.2, -0.15) is 0 Å². The lowest BCUT2D eigenvalue weighted by Crippen LogP contribution is -2.48. The zero-order valence-corrected chi connectivity index (χ0v) is 17.3. The second-order valence-electron chi connectivity index (χ2n) is 6.70. The molecule has 2 amide bonds. The molecule has 7 heteroatoms. The number of rotatable bonds is 6. The number of carbonyl (C=O) groups is 2. The van der Waals surface area contributed by atoms with Crippen LogP contribution in [-0.2, 0) is 17.7 Å². The Kier molecular flexibility index (Phi) is 7.06. The van der Waals surface area contributed by atoms with E-state index in [1.807, 2.05) is 37.3 Å². The summed E-state index contributed by atoms with van der Waals surface area (Å²) >= 11 is 1.64. The van der Waals surface area contributed by atoms with E-state index in [-0.39, 0.29) is 12.0 Å². The molecule has 0 spiro atoms. The molecule has 1 N–H and O–H groups in total. The maximum atomic E-state index is 12.6. The fourth-order valence-electron chi connectivity index (χ4n) is 3.19. The third-order valence-electron chi connectivity index (χ3n) is 4.76. The first-order valence-corrected chi connectivity index (χ1v) is 10.5. The van der Waals surface area contributed by atoms with Crippen molar-refractivity contribution in [1.29, 1.82) is 0 Å². The van der Waals surface area contributed by atoms with Crippen molar-refractivity contribution in [1.82, 2.24) is 9.80 Å². The normalized spacial score (nSPS) is 14.7. The Morgan fingerprint density at radius 1 is 1.11 bits per heavy atom. The largest absolute Gasteiger partial charge is 0.450 e. The van der Waals surface area contributed by atoms with E-state index in [2.05, 4.69) is 23.2 Å². The third-order valence-corrected chi connectivity index (χ3v) is 6.00. The molecule has 2 aromatic rings. The van der Waals surface area contributed by atoms with Crippen molar-refractivity contribution in [3.63, 3.8) is 0 Å². The number of piperazine rings is 1. The molecule has 0 saturated carbocycles. The predicted octanol–water partition coefficient (Wildman–Crippen LogP) is 3.84. The summed E-state index contributed by atoms with van der Waals surface area (Å²) in [6.07, 6.45) is 0.706. The Bertz CT molecular complexity index is 798. The van der Waals surface area contributed by atoms with E-state index in [9.17, 15) is 9.59 Å². The second-order valence-corrected chi connectivity index (χ2v) is 7.84.